The lowest BCUT2D eigenvalue weighted by atomic mass is 9.96. The number of benzene rings is 1. The highest BCUT2D eigenvalue weighted by molar-refractivity contribution is 5.75. The summed E-state index contributed by atoms with van der Waals surface area (Å²) in [7, 11) is 0. The number of carboxylic acid groups (broad SMARTS) is 1. The molecular formula is C13H12N2O2. The van der Waals surface area contributed by atoms with Gasteiger partial charge in [-0.3, -0.25) is 4.79 Å². The molecule has 1 unspecified atom stereocenters. The van der Waals surface area contributed by atoms with Crippen LogP contribution in [0.1, 0.15) is 17.2 Å². The van der Waals surface area contributed by atoms with Crippen LogP contribution in [0.3, 0.4) is 0 Å². The van der Waals surface area contributed by atoms with E-state index in [0.29, 0.717) is 12.1 Å². The predicted molar refractivity (Wildman–Crippen MR) is 62.6 cm³/mol. The normalized spacial score (nSPS) is 12.0. The average molecular weight is 228 g/mol. The summed E-state index contributed by atoms with van der Waals surface area (Å²) in [5.74, 6) is -1.49. The number of nitrogens with zero attached hydrogens (tertiary/aromatic N) is 2. The van der Waals surface area contributed by atoms with E-state index in [-0.39, 0.29) is 0 Å². The lowest BCUT2D eigenvalue weighted by molar-refractivity contribution is -0.138. The van der Waals surface area contributed by atoms with Gasteiger partial charge in [0.15, 0.2) is 0 Å². The zero-order valence-corrected chi connectivity index (χ0v) is 9.15. The van der Waals surface area contributed by atoms with Crippen LogP contribution in [0.15, 0.2) is 48.9 Å². The zero-order valence-electron chi connectivity index (χ0n) is 9.15. The van der Waals surface area contributed by atoms with Crippen LogP contribution in [-0.2, 0) is 11.2 Å². The third-order valence-electron chi connectivity index (χ3n) is 2.54. The van der Waals surface area contributed by atoms with Gasteiger partial charge in [-0.15, -0.1) is 0 Å². The van der Waals surface area contributed by atoms with E-state index in [0.717, 1.165) is 5.56 Å². The molecule has 0 bridgehead atoms. The molecule has 1 N–H and O–H groups in total. The van der Waals surface area contributed by atoms with Crippen molar-refractivity contribution in [3.63, 3.8) is 0 Å². The molecule has 0 fully saturated rings. The number of rotatable bonds is 4. The van der Waals surface area contributed by atoms with Gasteiger partial charge in [-0.2, -0.15) is 0 Å². The highest BCUT2D eigenvalue weighted by atomic mass is 16.4. The SMILES string of the molecule is O=C(O)C(Cc1ccccc1)c1ccncn1. The summed E-state index contributed by atoms with van der Waals surface area (Å²) in [4.78, 5) is 19.0. The molecule has 0 saturated heterocycles. The maximum atomic E-state index is 11.2. The summed E-state index contributed by atoms with van der Waals surface area (Å²) in [5, 5.41) is 9.23. The monoisotopic (exact) mass is 228 g/mol. The lowest BCUT2D eigenvalue weighted by Gasteiger charge is -2.11. The van der Waals surface area contributed by atoms with Crippen LogP contribution >= 0.6 is 0 Å². The molecule has 0 aliphatic carbocycles. The van der Waals surface area contributed by atoms with E-state index >= 15 is 0 Å². The molecule has 1 aromatic heterocycles. The quantitative estimate of drug-likeness (QED) is 0.867. The minimum atomic E-state index is -0.868. The molecule has 4 nitrogen and oxygen atoms in total. The molecule has 0 radical (unpaired) electrons. The Labute approximate surface area is 99.0 Å². The first-order chi connectivity index (χ1) is 8.27. The van der Waals surface area contributed by atoms with Gasteiger partial charge in [-0.05, 0) is 18.1 Å². The summed E-state index contributed by atoms with van der Waals surface area (Å²) in [6.45, 7) is 0. The van der Waals surface area contributed by atoms with E-state index in [1.807, 2.05) is 30.3 Å². The second-order valence-electron chi connectivity index (χ2n) is 3.71. The highest BCUT2D eigenvalue weighted by Crippen LogP contribution is 2.18. The maximum Gasteiger partial charge on any atom is 0.312 e. The Morgan fingerprint density at radius 1 is 1.24 bits per heavy atom. The van der Waals surface area contributed by atoms with Crippen molar-refractivity contribution in [2.24, 2.45) is 0 Å². The molecule has 2 aromatic rings. The second kappa shape index (κ2) is 5.21. The fraction of sp³-hybridized carbons (Fsp3) is 0.154. The van der Waals surface area contributed by atoms with Crippen molar-refractivity contribution in [2.45, 2.75) is 12.3 Å². The smallest absolute Gasteiger partial charge is 0.312 e. The molecule has 86 valence electrons. The Hall–Kier alpha value is -2.23. The fourth-order valence-electron chi connectivity index (χ4n) is 1.68. The van der Waals surface area contributed by atoms with Gasteiger partial charge >= 0.3 is 5.97 Å². The second-order valence-corrected chi connectivity index (χ2v) is 3.71. The van der Waals surface area contributed by atoms with E-state index in [1.54, 1.807) is 12.3 Å². The number of carbonyl (C=O) groups is 1. The van der Waals surface area contributed by atoms with Crippen LogP contribution in [0.2, 0.25) is 0 Å². The standard InChI is InChI=1S/C13H12N2O2/c16-13(17)11(12-6-7-14-9-15-12)8-10-4-2-1-3-5-10/h1-7,9,11H,8H2,(H,16,17). The van der Waals surface area contributed by atoms with E-state index in [1.165, 1.54) is 6.33 Å². The van der Waals surface area contributed by atoms with E-state index in [9.17, 15) is 9.90 Å². The third-order valence-corrected chi connectivity index (χ3v) is 2.54. The van der Waals surface area contributed by atoms with Crippen LogP contribution < -0.4 is 0 Å². The molecule has 0 spiro atoms. The molecule has 4 heteroatoms. The highest BCUT2D eigenvalue weighted by Gasteiger charge is 2.21. The first-order valence-corrected chi connectivity index (χ1v) is 5.30. The third kappa shape index (κ3) is 2.87. The Bertz CT molecular complexity index is 485. The summed E-state index contributed by atoms with van der Waals surface area (Å²) < 4.78 is 0. The van der Waals surface area contributed by atoms with Crippen molar-refractivity contribution < 1.29 is 9.90 Å². The van der Waals surface area contributed by atoms with Crippen molar-refractivity contribution in [3.05, 3.63) is 60.2 Å². The predicted octanol–water partition coefficient (Wildman–Crippen LogP) is 1.89. The van der Waals surface area contributed by atoms with Crippen LogP contribution in [-0.4, -0.2) is 21.0 Å². The van der Waals surface area contributed by atoms with Gasteiger partial charge < -0.3 is 5.11 Å². The largest absolute Gasteiger partial charge is 0.481 e. The van der Waals surface area contributed by atoms with E-state index < -0.39 is 11.9 Å². The van der Waals surface area contributed by atoms with E-state index in [4.69, 9.17) is 0 Å². The lowest BCUT2D eigenvalue weighted by Crippen LogP contribution is -2.15. The van der Waals surface area contributed by atoms with Crippen LogP contribution in [0.4, 0.5) is 0 Å². The number of aliphatic carboxylic acids is 1. The molecule has 1 aromatic carbocycles. The maximum absolute atomic E-state index is 11.2. The van der Waals surface area contributed by atoms with Gasteiger partial charge in [-0.1, -0.05) is 30.3 Å². The van der Waals surface area contributed by atoms with E-state index in [2.05, 4.69) is 9.97 Å². The first-order valence-electron chi connectivity index (χ1n) is 5.30. The molecule has 0 aliphatic heterocycles. The molecule has 1 heterocycles. The van der Waals surface area contributed by atoms with Crippen molar-refractivity contribution in [2.75, 3.05) is 0 Å². The molecule has 0 aliphatic rings. The average Bonchev–Trinajstić information content (AvgIpc) is 2.38. The minimum absolute atomic E-state index is 0.438. The van der Waals surface area contributed by atoms with Gasteiger partial charge in [-0.25, -0.2) is 9.97 Å². The Balaban J connectivity index is 2.23. The Kier molecular flexibility index (Phi) is 3.45. The summed E-state index contributed by atoms with van der Waals surface area (Å²) in [6.07, 6.45) is 3.37. The van der Waals surface area contributed by atoms with Crippen LogP contribution in [0.25, 0.3) is 0 Å². The summed E-state index contributed by atoms with van der Waals surface area (Å²) >= 11 is 0. The topological polar surface area (TPSA) is 63.1 Å². The van der Waals surface area contributed by atoms with Crippen LogP contribution in [0, 0.1) is 0 Å². The molecule has 2 rings (SSSR count). The molecule has 17 heavy (non-hydrogen) atoms. The molecule has 1 atom stereocenters. The minimum Gasteiger partial charge on any atom is -0.481 e. The fourth-order valence-corrected chi connectivity index (χ4v) is 1.68. The van der Waals surface area contributed by atoms with Crippen LogP contribution in [0.5, 0.6) is 0 Å². The van der Waals surface area contributed by atoms with Gasteiger partial charge in [0.1, 0.15) is 12.2 Å². The number of carboxylic acids is 1. The van der Waals surface area contributed by atoms with Crippen molar-refractivity contribution in [1.29, 1.82) is 0 Å². The Morgan fingerprint density at radius 3 is 2.59 bits per heavy atom. The van der Waals surface area contributed by atoms with Gasteiger partial charge in [0.25, 0.3) is 0 Å². The van der Waals surface area contributed by atoms with Gasteiger partial charge in [0.2, 0.25) is 0 Å². The zero-order chi connectivity index (χ0) is 12.1. The first kappa shape index (κ1) is 11.3. The Morgan fingerprint density at radius 2 is 2.00 bits per heavy atom. The number of aromatic nitrogens is 2. The number of hydrogen-bond donors (Lipinski definition) is 1. The van der Waals surface area contributed by atoms with Gasteiger partial charge in [0, 0.05) is 6.20 Å². The number of hydrogen-bond acceptors (Lipinski definition) is 3. The summed E-state index contributed by atoms with van der Waals surface area (Å²) in [5.41, 5.74) is 1.52. The van der Waals surface area contributed by atoms with Crippen molar-refractivity contribution in [1.82, 2.24) is 9.97 Å². The molecular weight excluding hydrogens is 216 g/mol. The summed E-state index contributed by atoms with van der Waals surface area (Å²) in [6, 6.07) is 11.2. The van der Waals surface area contributed by atoms with Gasteiger partial charge in [0.05, 0.1) is 5.69 Å². The molecule has 0 amide bonds. The van der Waals surface area contributed by atoms with Crippen molar-refractivity contribution >= 4 is 5.97 Å². The molecule has 0 saturated carbocycles. The van der Waals surface area contributed by atoms with Crippen molar-refractivity contribution in [3.8, 4) is 0 Å².